The van der Waals surface area contributed by atoms with Crippen LogP contribution < -0.4 is 5.32 Å². The lowest BCUT2D eigenvalue weighted by atomic mass is 10.3. The molecule has 0 aliphatic heterocycles. The van der Waals surface area contributed by atoms with Gasteiger partial charge >= 0.3 is 0 Å². The molecule has 0 aliphatic carbocycles. The standard InChI is InChI=1S/C14H31NO4/c1-16-9-3-5-11-18-13-7-15-8-14-19-12-6-4-10-17-2/h15H,3-14H2,1-2H3. The number of hydrogen-bond acceptors (Lipinski definition) is 5. The summed E-state index contributed by atoms with van der Waals surface area (Å²) in [5, 5.41) is 3.29. The van der Waals surface area contributed by atoms with E-state index in [0.717, 1.165) is 78.4 Å². The second-order valence-corrected chi connectivity index (χ2v) is 4.37. The van der Waals surface area contributed by atoms with Crippen molar-refractivity contribution in [3.8, 4) is 0 Å². The van der Waals surface area contributed by atoms with Gasteiger partial charge < -0.3 is 24.3 Å². The van der Waals surface area contributed by atoms with Gasteiger partial charge in [-0.1, -0.05) is 0 Å². The summed E-state index contributed by atoms with van der Waals surface area (Å²) < 4.78 is 20.9. The minimum absolute atomic E-state index is 0.765. The highest BCUT2D eigenvalue weighted by Gasteiger charge is 1.92. The molecule has 0 fully saturated rings. The second-order valence-electron chi connectivity index (χ2n) is 4.37. The Bertz CT molecular complexity index is 142. The highest BCUT2D eigenvalue weighted by molar-refractivity contribution is 4.46. The molecule has 0 heterocycles. The molecule has 0 saturated heterocycles. The van der Waals surface area contributed by atoms with Gasteiger partial charge in [-0.2, -0.15) is 0 Å². The zero-order valence-electron chi connectivity index (χ0n) is 12.6. The van der Waals surface area contributed by atoms with Gasteiger partial charge in [-0.25, -0.2) is 0 Å². The van der Waals surface area contributed by atoms with Crippen molar-refractivity contribution in [1.29, 1.82) is 0 Å². The highest BCUT2D eigenvalue weighted by Crippen LogP contribution is 1.90. The van der Waals surface area contributed by atoms with E-state index in [0.29, 0.717) is 0 Å². The Morgan fingerprint density at radius 1 is 0.579 bits per heavy atom. The van der Waals surface area contributed by atoms with Gasteiger partial charge in [-0.3, -0.25) is 0 Å². The molecule has 116 valence electrons. The van der Waals surface area contributed by atoms with Crippen LogP contribution in [0.4, 0.5) is 0 Å². The predicted octanol–water partition coefficient (Wildman–Crippen LogP) is 1.46. The third kappa shape index (κ3) is 17.8. The summed E-state index contributed by atoms with van der Waals surface area (Å²) in [6.07, 6.45) is 4.28. The fraction of sp³-hybridized carbons (Fsp3) is 1.00. The smallest absolute Gasteiger partial charge is 0.0590 e. The van der Waals surface area contributed by atoms with Gasteiger partial charge in [0.1, 0.15) is 0 Å². The summed E-state index contributed by atoms with van der Waals surface area (Å²) >= 11 is 0. The van der Waals surface area contributed by atoms with Crippen molar-refractivity contribution < 1.29 is 18.9 Å². The fourth-order valence-corrected chi connectivity index (χ4v) is 1.52. The maximum absolute atomic E-state index is 5.48. The van der Waals surface area contributed by atoms with Crippen LogP contribution in [0.5, 0.6) is 0 Å². The molecule has 1 N–H and O–H groups in total. The number of rotatable bonds is 16. The lowest BCUT2D eigenvalue weighted by Gasteiger charge is -2.07. The van der Waals surface area contributed by atoms with E-state index in [9.17, 15) is 0 Å². The normalized spacial score (nSPS) is 11.1. The predicted molar refractivity (Wildman–Crippen MR) is 76.7 cm³/mol. The van der Waals surface area contributed by atoms with E-state index in [-0.39, 0.29) is 0 Å². The van der Waals surface area contributed by atoms with Crippen molar-refractivity contribution in [2.75, 3.05) is 67.0 Å². The molecule has 0 aromatic carbocycles. The van der Waals surface area contributed by atoms with E-state index < -0.39 is 0 Å². The van der Waals surface area contributed by atoms with Crippen LogP contribution in [-0.2, 0) is 18.9 Å². The summed E-state index contributed by atoms with van der Waals surface area (Å²) in [4.78, 5) is 0. The maximum atomic E-state index is 5.48. The van der Waals surface area contributed by atoms with Crippen LogP contribution in [0.2, 0.25) is 0 Å². The summed E-state index contributed by atoms with van der Waals surface area (Å²) in [5.41, 5.74) is 0. The molecule has 0 aromatic rings. The summed E-state index contributed by atoms with van der Waals surface area (Å²) in [5.74, 6) is 0. The van der Waals surface area contributed by atoms with E-state index in [1.807, 2.05) is 0 Å². The minimum Gasteiger partial charge on any atom is -0.385 e. The van der Waals surface area contributed by atoms with Crippen LogP contribution in [0.1, 0.15) is 25.7 Å². The highest BCUT2D eigenvalue weighted by atomic mass is 16.5. The molecule has 0 rings (SSSR count). The average molecular weight is 277 g/mol. The Morgan fingerprint density at radius 2 is 1.00 bits per heavy atom. The van der Waals surface area contributed by atoms with E-state index in [4.69, 9.17) is 18.9 Å². The van der Waals surface area contributed by atoms with Crippen LogP contribution in [0, 0.1) is 0 Å². The molecule has 0 spiro atoms. The van der Waals surface area contributed by atoms with Gasteiger partial charge in [0.2, 0.25) is 0 Å². The molecule has 0 radical (unpaired) electrons. The maximum Gasteiger partial charge on any atom is 0.0590 e. The number of ether oxygens (including phenoxy) is 4. The molecule has 5 heteroatoms. The molecule has 5 nitrogen and oxygen atoms in total. The Hall–Kier alpha value is -0.200. The van der Waals surface area contributed by atoms with Crippen LogP contribution >= 0.6 is 0 Å². The summed E-state index contributed by atoms with van der Waals surface area (Å²) in [6.45, 7) is 6.59. The number of methoxy groups -OCH3 is 2. The molecular weight excluding hydrogens is 246 g/mol. The van der Waals surface area contributed by atoms with Gasteiger partial charge in [-0.05, 0) is 25.7 Å². The fourth-order valence-electron chi connectivity index (χ4n) is 1.52. The van der Waals surface area contributed by atoms with E-state index in [1.54, 1.807) is 14.2 Å². The molecule has 0 aromatic heterocycles. The summed E-state index contributed by atoms with van der Waals surface area (Å²) in [6, 6.07) is 0. The van der Waals surface area contributed by atoms with E-state index in [2.05, 4.69) is 5.32 Å². The zero-order valence-corrected chi connectivity index (χ0v) is 12.6. The van der Waals surface area contributed by atoms with Crippen molar-refractivity contribution >= 4 is 0 Å². The Balaban J connectivity index is 2.88. The van der Waals surface area contributed by atoms with Crippen molar-refractivity contribution in [2.24, 2.45) is 0 Å². The Kier molecular flexibility index (Phi) is 17.6. The third-order valence-electron chi connectivity index (χ3n) is 2.62. The first-order chi connectivity index (χ1) is 9.41. The molecule has 0 bridgehead atoms. The molecule has 19 heavy (non-hydrogen) atoms. The molecule has 0 saturated carbocycles. The third-order valence-corrected chi connectivity index (χ3v) is 2.62. The van der Waals surface area contributed by atoms with Crippen LogP contribution in [-0.4, -0.2) is 67.0 Å². The van der Waals surface area contributed by atoms with Gasteiger partial charge in [0.15, 0.2) is 0 Å². The minimum atomic E-state index is 0.765. The van der Waals surface area contributed by atoms with Gasteiger partial charge in [0, 0.05) is 53.7 Å². The van der Waals surface area contributed by atoms with Crippen molar-refractivity contribution in [3.63, 3.8) is 0 Å². The number of nitrogens with one attached hydrogen (secondary N) is 1. The number of unbranched alkanes of at least 4 members (excludes halogenated alkanes) is 2. The first-order valence-electron chi connectivity index (χ1n) is 7.26. The molecule has 0 amide bonds. The molecular formula is C14H31NO4. The van der Waals surface area contributed by atoms with Gasteiger partial charge in [0.05, 0.1) is 13.2 Å². The van der Waals surface area contributed by atoms with Crippen molar-refractivity contribution in [2.45, 2.75) is 25.7 Å². The second kappa shape index (κ2) is 17.8. The Morgan fingerprint density at radius 3 is 1.42 bits per heavy atom. The monoisotopic (exact) mass is 277 g/mol. The molecule has 0 aliphatic rings. The topological polar surface area (TPSA) is 49.0 Å². The lowest BCUT2D eigenvalue weighted by molar-refractivity contribution is 0.109. The summed E-state index contributed by atoms with van der Waals surface area (Å²) in [7, 11) is 3.45. The SMILES string of the molecule is COCCCCOCCNCCOCCCCOC. The van der Waals surface area contributed by atoms with E-state index in [1.165, 1.54) is 0 Å². The molecule has 0 atom stereocenters. The first kappa shape index (κ1) is 18.8. The molecule has 0 unspecified atom stereocenters. The van der Waals surface area contributed by atoms with Crippen LogP contribution in [0.3, 0.4) is 0 Å². The van der Waals surface area contributed by atoms with E-state index >= 15 is 0 Å². The van der Waals surface area contributed by atoms with Gasteiger partial charge in [0.25, 0.3) is 0 Å². The van der Waals surface area contributed by atoms with Crippen molar-refractivity contribution in [3.05, 3.63) is 0 Å². The lowest BCUT2D eigenvalue weighted by Crippen LogP contribution is -2.24. The van der Waals surface area contributed by atoms with Crippen molar-refractivity contribution in [1.82, 2.24) is 5.32 Å². The largest absolute Gasteiger partial charge is 0.385 e. The zero-order chi connectivity index (χ0) is 14.0. The number of hydrogen-bond donors (Lipinski definition) is 1. The quantitative estimate of drug-likeness (QED) is 0.433. The Labute approximate surface area is 117 Å². The first-order valence-corrected chi connectivity index (χ1v) is 7.26. The average Bonchev–Trinajstić information content (AvgIpc) is 2.43. The van der Waals surface area contributed by atoms with Gasteiger partial charge in [-0.15, -0.1) is 0 Å². The van der Waals surface area contributed by atoms with Crippen LogP contribution in [0.25, 0.3) is 0 Å². The van der Waals surface area contributed by atoms with Crippen LogP contribution in [0.15, 0.2) is 0 Å².